The number of nitro groups is 1. The van der Waals surface area contributed by atoms with Crippen LogP contribution >= 0.6 is 0 Å². The Morgan fingerprint density at radius 2 is 1.82 bits per heavy atom. The van der Waals surface area contributed by atoms with Crippen LogP contribution in [0, 0.1) is 17.0 Å². The maximum atomic E-state index is 12.4. The minimum atomic E-state index is -3.94. The van der Waals surface area contributed by atoms with Crippen LogP contribution in [0.4, 0.5) is 17.1 Å². The Morgan fingerprint density at radius 1 is 1.18 bits per heavy atom. The summed E-state index contributed by atoms with van der Waals surface area (Å²) in [6.45, 7) is 0.750. The van der Waals surface area contributed by atoms with Gasteiger partial charge in [0.15, 0.2) is 0 Å². The molecule has 2 rings (SSSR count). The Hall–Kier alpha value is -3.47. The Kier molecular flexibility index (Phi) is 5.99. The third-order valence-electron chi connectivity index (χ3n) is 3.90. The average molecular weight is 406 g/mol. The lowest BCUT2D eigenvalue weighted by atomic mass is 10.1. The van der Waals surface area contributed by atoms with Gasteiger partial charge in [-0.15, -0.1) is 0 Å². The maximum absolute atomic E-state index is 12.4. The summed E-state index contributed by atoms with van der Waals surface area (Å²) in [5.74, 6) is -1.50. The van der Waals surface area contributed by atoms with Gasteiger partial charge in [0.05, 0.1) is 33.7 Å². The molecular formula is C17H18N4O6S. The van der Waals surface area contributed by atoms with Crippen molar-refractivity contribution in [2.45, 2.75) is 6.92 Å². The highest BCUT2D eigenvalue weighted by Gasteiger charge is 2.26. The van der Waals surface area contributed by atoms with Crippen molar-refractivity contribution < 1.29 is 22.9 Å². The minimum absolute atomic E-state index is 0.00929. The van der Waals surface area contributed by atoms with Crippen molar-refractivity contribution in [3.63, 3.8) is 0 Å². The normalized spacial score (nSPS) is 10.9. The fourth-order valence-electron chi connectivity index (χ4n) is 2.59. The van der Waals surface area contributed by atoms with E-state index in [0.29, 0.717) is 0 Å². The van der Waals surface area contributed by atoms with Gasteiger partial charge in [-0.3, -0.25) is 24.0 Å². The van der Waals surface area contributed by atoms with Crippen LogP contribution < -0.4 is 15.4 Å². The largest absolute Gasteiger partial charge is 0.366 e. The lowest BCUT2D eigenvalue weighted by Crippen LogP contribution is -2.38. The first-order valence-electron chi connectivity index (χ1n) is 7.92. The van der Waals surface area contributed by atoms with Crippen molar-refractivity contribution in [3.8, 4) is 0 Å². The van der Waals surface area contributed by atoms with Gasteiger partial charge in [0.1, 0.15) is 6.54 Å². The van der Waals surface area contributed by atoms with Gasteiger partial charge in [-0.1, -0.05) is 18.2 Å². The zero-order valence-corrected chi connectivity index (χ0v) is 15.9. The number of benzene rings is 2. The number of amides is 2. The number of hydrogen-bond acceptors (Lipinski definition) is 6. The molecular weight excluding hydrogens is 388 g/mol. The molecule has 28 heavy (non-hydrogen) atoms. The number of nitrogens with zero attached hydrogens (tertiary/aromatic N) is 2. The summed E-state index contributed by atoms with van der Waals surface area (Å²) in [5, 5.41) is 13.6. The van der Waals surface area contributed by atoms with Gasteiger partial charge in [0.25, 0.3) is 11.6 Å². The maximum Gasteiger partial charge on any atom is 0.274 e. The fraction of sp³-hybridized carbons (Fsp3) is 0.176. The number of para-hydroxylation sites is 1. The van der Waals surface area contributed by atoms with Crippen molar-refractivity contribution in [2.75, 3.05) is 22.4 Å². The van der Waals surface area contributed by atoms with Gasteiger partial charge in [0, 0.05) is 6.07 Å². The molecule has 0 aromatic heterocycles. The second kappa shape index (κ2) is 8.05. The van der Waals surface area contributed by atoms with E-state index in [1.54, 1.807) is 12.1 Å². The number of carbonyl (C=O) groups is 2. The number of anilines is 2. The summed E-state index contributed by atoms with van der Waals surface area (Å²) in [6.07, 6.45) is 0.885. The lowest BCUT2D eigenvalue weighted by Gasteiger charge is -2.23. The predicted octanol–water partition coefficient (Wildman–Crippen LogP) is 1.41. The van der Waals surface area contributed by atoms with Gasteiger partial charge in [0.2, 0.25) is 15.9 Å². The summed E-state index contributed by atoms with van der Waals surface area (Å²) < 4.78 is 25.2. The van der Waals surface area contributed by atoms with Gasteiger partial charge in [-0.2, -0.15) is 0 Å². The molecule has 0 atom stereocenters. The van der Waals surface area contributed by atoms with E-state index in [0.717, 1.165) is 10.6 Å². The number of primary amides is 1. The first-order chi connectivity index (χ1) is 13.0. The Morgan fingerprint density at radius 3 is 2.39 bits per heavy atom. The molecule has 0 saturated carbocycles. The van der Waals surface area contributed by atoms with Gasteiger partial charge in [-0.05, 0) is 25.1 Å². The molecule has 0 bridgehead atoms. The van der Waals surface area contributed by atoms with Crippen LogP contribution in [0.3, 0.4) is 0 Å². The molecule has 2 aromatic rings. The van der Waals surface area contributed by atoms with E-state index in [1.807, 2.05) is 0 Å². The van der Waals surface area contributed by atoms with Crippen molar-refractivity contribution in [2.24, 2.45) is 5.73 Å². The number of nitrogens with one attached hydrogen (secondary N) is 1. The molecule has 0 aliphatic rings. The number of nitro benzene ring substituents is 1. The second-order valence-electron chi connectivity index (χ2n) is 5.91. The molecule has 0 fully saturated rings. The van der Waals surface area contributed by atoms with Crippen LogP contribution in [-0.4, -0.2) is 38.0 Å². The summed E-state index contributed by atoms with van der Waals surface area (Å²) in [6, 6.07) is 9.93. The summed E-state index contributed by atoms with van der Waals surface area (Å²) in [7, 11) is -3.94. The summed E-state index contributed by atoms with van der Waals surface area (Å²) in [4.78, 5) is 34.4. The molecule has 0 saturated heterocycles. The molecule has 0 aliphatic carbocycles. The third-order valence-corrected chi connectivity index (χ3v) is 5.02. The van der Waals surface area contributed by atoms with Crippen molar-refractivity contribution in [1.29, 1.82) is 0 Å². The van der Waals surface area contributed by atoms with E-state index in [9.17, 15) is 28.1 Å². The van der Waals surface area contributed by atoms with E-state index in [1.165, 1.54) is 37.3 Å². The molecule has 3 N–H and O–H groups in total. The van der Waals surface area contributed by atoms with Gasteiger partial charge >= 0.3 is 0 Å². The Balaban J connectivity index is 2.38. The molecule has 0 unspecified atom stereocenters. The number of sulfonamides is 1. The Labute approximate surface area is 161 Å². The van der Waals surface area contributed by atoms with E-state index >= 15 is 0 Å². The minimum Gasteiger partial charge on any atom is -0.366 e. The SMILES string of the molecule is Cc1c(N(CC(=O)Nc2ccccc2C(N)=O)S(C)(=O)=O)cccc1[N+](=O)[O-]. The highest BCUT2D eigenvalue weighted by molar-refractivity contribution is 7.92. The molecule has 11 heteroatoms. The lowest BCUT2D eigenvalue weighted by molar-refractivity contribution is -0.385. The topological polar surface area (TPSA) is 153 Å². The molecule has 0 radical (unpaired) electrons. The van der Waals surface area contributed by atoms with Crippen LogP contribution in [0.5, 0.6) is 0 Å². The van der Waals surface area contributed by atoms with Crippen molar-refractivity contribution in [1.82, 2.24) is 0 Å². The molecule has 0 heterocycles. The van der Waals surface area contributed by atoms with Gasteiger partial charge < -0.3 is 11.1 Å². The highest BCUT2D eigenvalue weighted by atomic mass is 32.2. The summed E-state index contributed by atoms with van der Waals surface area (Å²) in [5.41, 5.74) is 5.29. The molecule has 10 nitrogen and oxygen atoms in total. The highest BCUT2D eigenvalue weighted by Crippen LogP contribution is 2.29. The van der Waals surface area contributed by atoms with Gasteiger partial charge in [-0.25, -0.2) is 8.42 Å². The van der Waals surface area contributed by atoms with Crippen LogP contribution in [0.25, 0.3) is 0 Å². The first kappa shape index (κ1) is 20.8. The molecule has 0 spiro atoms. The number of carbonyl (C=O) groups excluding carboxylic acids is 2. The fourth-order valence-corrected chi connectivity index (χ4v) is 3.49. The molecule has 0 aliphatic heterocycles. The van der Waals surface area contributed by atoms with Crippen LogP contribution in [-0.2, 0) is 14.8 Å². The molecule has 148 valence electrons. The quantitative estimate of drug-likeness (QED) is 0.523. The third kappa shape index (κ3) is 4.62. The average Bonchev–Trinajstić information content (AvgIpc) is 2.59. The summed E-state index contributed by atoms with van der Waals surface area (Å²) >= 11 is 0. The molecule has 2 aromatic carbocycles. The van der Waals surface area contributed by atoms with E-state index in [4.69, 9.17) is 5.73 Å². The van der Waals surface area contributed by atoms with E-state index in [2.05, 4.69) is 5.32 Å². The predicted molar refractivity (Wildman–Crippen MR) is 104 cm³/mol. The zero-order valence-electron chi connectivity index (χ0n) is 15.1. The van der Waals surface area contributed by atoms with E-state index in [-0.39, 0.29) is 28.2 Å². The zero-order chi connectivity index (χ0) is 21.1. The van der Waals surface area contributed by atoms with Crippen molar-refractivity contribution >= 4 is 38.9 Å². The standard InChI is InChI=1S/C17H18N4O6S/c1-11-14(8-5-9-15(11)21(24)25)20(28(2,26)27)10-16(22)19-13-7-4-3-6-12(13)17(18)23/h3-9H,10H2,1-2H3,(H2,18,23)(H,19,22). The number of rotatable bonds is 7. The number of hydrogen-bond donors (Lipinski definition) is 2. The molecule has 2 amide bonds. The van der Waals surface area contributed by atoms with E-state index < -0.39 is 33.3 Å². The second-order valence-corrected chi connectivity index (χ2v) is 7.81. The Bertz CT molecular complexity index is 1050. The van der Waals surface area contributed by atoms with Crippen LogP contribution in [0.15, 0.2) is 42.5 Å². The first-order valence-corrected chi connectivity index (χ1v) is 9.77. The van der Waals surface area contributed by atoms with Crippen molar-refractivity contribution in [3.05, 3.63) is 63.7 Å². The monoisotopic (exact) mass is 406 g/mol. The smallest absolute Gasteiger partial charge is 0.274 e. The van der Waals surface area contributed by atoms with Crippen LogP contribution in [0.1, 0.15) is 15.9 Å². The van der Waals surface area contributed by atoms with Crippen LogP contribution in [0.2, 0.25) is 0 Å². The number of nitrogens with two attached hydrogens (primary N) is 1.